The number of hydrogen-bond acceptors (Lipinski definition) is 5. The molecule has 0 aromatic rings. The topological polar surface area (TPSA) is 93.1 Å². The van der Waals surface area contributed by atoms with E-state index in [2.05, 4.69) is 0 Å². The molecular formula is C12H18O6. The minimum Gasteiger partial charge on any atom is -0.480 e. The lowest BCUT2D eigenvalue weighted by molar-refractivity contribution is -0.239. The molecule has 0 aromatic carbocycles. The molecule has 2 N–H and O–H groups in total. The summed E-state index contributed by atoms with van der Waals surface area (Å²) in [7, 11) is 0. The van der Waals surface area contributed by atoms with E-state index in [9.17, 15) is 14.7 Å². The van der Waals surface area contributed by atoms with E-state index in [1.54, 1.807) is 0 Å². The normalized spacial score (nSPS) is 38.6. The van der Waals surface area contributed by atoms with Gasteiger partial charge in [-0.3, -0.25) is 4.79 Å². The van der Waals surface area contributed by atoms with E-state index in [0.717, 1.165) is 0 Å². The molecule has 3 atom stereocenters. The molecule has 0 aromatic heterocycles. The quantitative estimate of drug-likeness (QED) is 0.564. The van der Waals surface area contributed by atoms with Crippen LogP contribution >= 0.6 is 0 Å². The van der Waals surface area contributed by atoms with Crippen molar-refractivity contribution in [1.29, 1.82) is 0 Å². The Morgan fingerprint density at radius 2 is 2.06 bits per heavy atom. The predicted octanol–water partition coefficient (Wildman–Crippen LogP) is 0.528. The summed E-state index contributed by atoms with van der Waals surface area (Å²) in [5, 5.41) is 18.6. The van der Waals surface area contributed by atoms with Crippen LogP contribution in [0.15, 0.2) is 0 Å². The number of fused-ring (bicyclic) bond motifs is 2. The van der Waals surface area contributed by atoms with Crippen molar-refractivity contribution in [3.8, 4) is 0 Å². The molecule has 0 spiro atoms. The van der Waals surface area contributed by atoms with Crippen LogP contribution in [0.2, 0.25) is 0 Å². The molecule has 2 rings (SSSR count). The Morgan fingerprint density at radius 1 is 1.44 bits per heavy atom. The minimum absolute atomic E-state index is 0.350. The van der Waals surface area contributed by atoms with Gasteiger partial charge in [-0.05, 0) is 19.8 Å². The molecule has 2 bridgehead atoms. The highest BCUT2D eigenvalue weighted by molar-refractivity contribution is 5.82. The first-order chi connectivity index (χ1) is 8.17. The Hall–Kier alpha value is -1.14. The number of hydrogen-bond donors (Lipinski definition) is 2. The third kappa shape index (κ3) is 1.36. The third-order valence-corrected chi connectivity index (χ3v) is 4.92. The van der Waals surface area contributed by atoms with E-state index in [-0.39, 0.29) is 5.97 Å². The second-order valence-corrected chi connectivity index (χ2v) is 5.79. The average molecular weight is 258 g/mol. The number of aliphatic carboxylic acids is 1. The molecule has 1 heterocycles. The Kier molecular flexibility index (Phi) is 2.72. The highest BCUT2D eigenvalue weighted by Crippen LogP contribution is 2.66. The van der Waals surface area contributed by atoms with Crippen molar-refractivity contribution in [2.75, 3.05) is 6.61 Å². The van der Waals surface area contributed by atoms with Crippen LogP contribution in [-0.2, 0) is 19.1 Å². The second-order valence-electron chi connectivity index (χ2n) is 5.79. The van der Waals surface area contributed by atoms with Gasteiger partial charge in [0.1, 0.15) is 6.61 Å². The Labute approximate surface area is 105 Å². The molecule has 3 unspecified atom stereocenters. The molecule has 18 heavy (non-hydrogen) atoms. The van der Waals surface area contributed by atoms with E-state index in [1.807, 2.05) is 20.8 Å². The van der Waals surface area contributed by atoms with Crippen LogP contribution in [-0.4, -0.2) is 40.6 Å². The molecule has 0 radical (unpaired) electrons. The standard InChI is InChI=1S/C12H18O6/c1-10(2)11(3)4-5-12(10,18-8(11)15)9(16)17-6-7(13)14/h9,16H,4-6H2,1-3H3,(H,13,14). The van der Waals surface area contributed by atoms with Gasteiger partial charge >= 0.3 is 11.9 Å². The smallest absolute Gasteiger partial charge is 0.329 e. The molecule has 6 nitrogen and oxygen atoms in total. The lowest BCUT2D eigenvalue weighted by atomic mass is 9.66. The van der Waals surface area contributed by atoms with Crippen LogP contribution in [0.4, 0.5) is 0 Å². The van der Waals surface area contributed by atoms with Gasteiger partial charge in [0, 0.05) is 5.41 Å². The molecule has 1 saturated carbocycles. The molecule has 1 saturated heterocycles. The summed E-state index contributed by atoms with van der Waals surface area (Å²) in [6.07, 6.45) is -0.341. The maximum atomic E-state index is 11.9. The van der Waals surface area contributed by atoms with Crippen LogP contribution in [0.3, 0.4) is 0 Å². The molecule has 0 amide bonds. The van der Waals surface area contributed by atoms with Crippen molar-refractivity contribution < 1.29 is 29.3 Å². The number of esters is 1. The highest BCUT2D eigenvalue weighted by Gasteiger charge is 2.75. The van der Waals surface area contributed by atoms with E-state index in [0.29, 0.717) is 12.8 Å². The largest absolute Gasteiger partial charge is 0.480 e. The number of ether oxygens (including phenoxy) is 2. The predicted molar refractivity (Wildman–Crippen MR) is 59.5 cm³/mol. The number of carboxylic acids is 1. The molecule has 1 aliphatic carbocycles. The van der Waals surface area contributed by atoms with Crippen molar-refractivity contribution in [2.24, 2.45) is 10.8 Å². The zero-order valence-corrected chi connectivity index (χ0v) is 10.7. The first kappa shape index (κ1) is 13.3. The van der Waals surface area contributed by atoms with E-state index in [1.165, 1.54) is 0 Å². The van der Waals surface area contributed by atoms with Crippen molar-refractivity contribution in [2.45, 2.75) is 45.5 Å². The summed E-state index contributed by atoms with van der Waals surface area (Å²) in [6, 6.07) is 0. The monoisotopic (exact) mass is 258 g/mol. The third-order valence-electron chi connectivity index (χ3n) is 4.92. The van der Waals surface area contributed by atoms with Crippen LogP contribution in [0.5, 0.6) is 0 Å². The lowest BCUT2D eigenvalue weighted by Gasteiger charge is -2.39. The van der Waals surface area contributed by atoms with Gasteiger partial charge < -0.3 is 19.7 Å². The Bertz CT molecular complexity index is 403. The summed E-state index contributed by atoms with van der Waals surface area (Å²) in [5.41, 5.74) is -2.40. The van der Waals surface area contributed by atoms with Crippen LogP contribution in [0.25, 0.3) is 0 Å². The second kappa shape index (κ2) is 3.68. The Morgan fingerprint density at radius 3 is 2.44 bits per heavy atom. The molecule has 2 aliphatic rings. The number of carbonyl (C=O) groups excluding carboxylic acids is 1. The van der Waals surface area contributed by atoms with E-state index in [4.69, 9.17) is 14.6 Å². The van der Waals surface area contributed by atoms with Crippen LogP contribution < -0.4 is 0 Å². The number of rotatable bonds is 4. The first-order valence-electron chi connectivity index (χ1n) is 5.92. The fourth-order valence-corrected chi connectivity index (χ4v) is 3.11. The van der Waals surface area contributed by atoms with Crippen molar-refractivity contribution in [3.05, 3.63) is 0 Å². The summed E-state index contributed by atoms with van der Waals surface area (Å²) in [6.45, 7) is 4.89. The highest BCUT2D eigenvalue weighted by atomic mass is 16.7. The number of aliphatic hydroxyl groups is 1. The zero-order valence-electron chi connectivity index (χ0n) is 10.7. The minimum atomic E-state index is -1.42. The fraction of sp³-hybridized carbons (Fsp3) is 0.833. The number of aliphatic hydroxyl groups excluding tert-OH is 1. The van der Waals surface area contributed by atoms with Gasteiger partial charge in [-0.1, -0.05) is 13.8 Å². The summed E-state index contributed by atoms with van der Waals surface area (Å²) in [5.74, 6) is -1.52. The number of carboxylic acid groups (broad SMARTS) is 1. The zero-order chi connectivity index (χ0) is 13.8. The SMILES string of the molecule is CC12CCC(C(O)OCC(=O)O)(OC1=O)C2(C)C. The van der Waals surface area contributed by atoms with Gasteiger partial charge in [-0.2, -0.15) is 0 Å². The van der Waals surface area contributed by atoms with Crippen molar-refractivity contribution in [3.63, 3.8) is 0 Å². The summed E-state index contributed by atoms with van der Waals surface area (Å²) >= 11 is 0. The lowest BCUT2D eigenvalue weighted by Crippen LogP contribution is -2.52. The molecule has 2 fully saturated rings. The van der Waals surface area contributed by atoms with Gasteiger partial charge in [0.25, 0.3) is 0 Å². The molecular weight excluding hydrogens is 240 g/mol. The van der Waals surface area contributed by atoms with Gasteiger partial charge in [-0.25, -0.2) is 4.79 Å². The summed E-state index contributed by atoms with van der Waals surface area (Å²) in [4.78, 5) is 22.4. The van der Waals surface area contributed by atoms with Gasteiger partial charge in [0.15, 0.2) is 11.9 Å². The van der Waals surface area contributed by atoms with Gasteiger partial charge in [0.05, 0.1) is 5.41 Å². The van der Waals surface area contributed by atoms with Crippen molar-refractivity contribution >= 4 is 11.9 Å². The van der Waals surface area contributed by atoms with Crippen molar-refractivity contribution in [1.82, 2.24) is 0 Å². The maximum absolute atomic E-state index is 11.9. The molecule has 1 aliphatic heterocycles. The van der Waals surface area contributed by atoms with E-state index >= 15 is 0 Å². The Balaban J connectivity index is 2.26. The fourth-order valence-electron chi connectivity index (χ4n) is 3.11. The van der Waals surface area contributed by atoms with Crippen LogP contribution in [0.1, 0.15) is 33.6 Å². The summed E-state index contributed by atoms with van der Waals surface area (Å²) < 4.78 is 10.3. The molecule has 6 heteroatoms. The van der Waals surface area contributed by atoms with Gasteiger partial charge in [-0.15, -0.1) is 0 Å². The number of carbonyl (C=O) groups is 2. The van der Waals surface area contributed by atoms with E-state index < -0.39 is 35.3 Å². The van der Waals surface area contributed by atoms with Gasteiger partial charge in [0.2, 0.25) is 0 Å². The maximum Gasteiger partial charge on any atom is 0.329 e. The van der Waals surface area contributed by atoms with Crippen LogP contribution in [0, 0.1) is 10.8 Å². The average Bonchev–Trinajstić information content (AvgIpc) is 2.56. The molecule has 102 valence electrons. The first-order valence-corrected chi connectivity index (χ1v) is 5.92.